The van der Waals surface area contributed by atoms with E-state index in [0.717, 1.165) is 12.8 Å². The van der Waals surface area contributed by atoms with E-state index < -0.39 is 17.4 Å². The smallest absolute Gasteiger partial charge is 0.338 e. The number of hydrogen-bond acceptors (Lipinski definition) is 4. The van der Waals surface area contributed by atoms with Crippen molar-refractivity contribution in [1.29, 1.82) is 0 Å². The van der Waals surface area contributed by atoms with Gasteiger partial charge in [-0.15, -0.1) is 0 Å². The Hall–Kier alpha value is -1.95. The van der Waals surface area contributed by atoms with Crippen LogP contribution in [0.25, 0.3) is 0 Å². The van der Waals surface area contributed by atoms with Crippen molar-refractivity contribution in [2.24, 2.45) is 5.92 Å². The van der Waals surface area contributed by atoms with Crippen LogP contribution in [0.15, 0.2) is 18.3 Å². The molecule has 0 aromatic carbocycles. The maximum absolute atomic E-state index is 12.4. The van der Waals surface area contributed by atoms with E-state index in [1.165, 1.54) is 18.3 Å². The lowest BCUT2D eigenvalue weighted by Gasteiger charge is -2.39. The summed E-state index contributed by atoms with van der Waals surface area (Å²) in [6.45, 7) is 1.93. The maximum atomic E-state index is 12.4. The second-order valence-corrected chi connectivity index (χ2v) is 5.80. The van der Waals surface area contributed by atoms with Gasteiger partial charge in [0.05, 0.1) is 17.7 Å². The summed E-state index contributed by atoms with van der Waals surface area (Å²) < 4.78 is 0. The minimum Gasteiger partial charge on any atom is -0.478 e. The molecule has 6 heteroatoms. The molecule has 2 unspecified atom stereocenters. The molecular weight excluding hydrogens is 272 g/mol. The summed E-state index contributed by atoms with van der Waals surface area (Å²) in [5.74, 6) is -1.33. The Balaban J connectivity index is 2.22. The Labute approximate surface area is 123 Å². The molecule has 0 radical (unpaired) electrons. The average molecular weight is 292 g/mol. The van der Waals surface area contributed by atoms with Crippen LogP contribution in [0.1, 0.15) is 53.5 Å². The van der Waals surface area contributed by atoms with Crippen LogP contribution in [0.4, 0.5) is 0 Å². The van der Waals surface area contributed by atoms with Crippen molar-refractivity contribution in [3.8, 4) is 0 Å². The quantitative estimate of drug-likeness (QED) is 0.780. The van der Waals surface area contributed by atoms with Gasteiger partial charge in [-0.25, -0.2) is 4.79 Å². The van der Waals surface area contributed by atoms with Gasteiger partial charge in [-0.3, -0.25) is 9.78 Å². The van der Waals surface area contributed by atoms with Crippen molar-refractivity contribution >= 4 is 11.9 Å². The number of amides is 1. The van der Waals surface area contributed by atoms with E-state index in [0.29, 0.717) is 18.8 Å². The lowest BCUT2D eigenvalue weighted by Crippen LogP contribution is -2.54. The normalized spacial score (nSPS) is 25.3. The molecule has 2 atom stereocenters. The molecule has 1 fully saturated rings. The fourth-order valence-corrected chi connectivity index (χ4v) is 3.02. The standard InChI is InChI=1S/C15H20N2O4/c1-10-4-2-6-15(8-10,9-18)17-13(19)12-11(14(20)21)5-3-7-16-12/h3,5,7,10,18H,2,4,6,8-9H2,1H3,(H,17,19)(H,20,21). The highest BCUT2D eigenvalue weighted by atomic mass is 16.4. The SMILES string of the molecule is CC1CCCC(CO)(NC(=O)c2ncccc2C(=O)O)C1. The van der Waals surface area contributed by atoms with E-state index in [4.69, 9.17) is 5.11 Å². The van der Waals surface area contributed by atoms with Crippen LogP contribution in [0, 0.1) is 5.92 Å². The summed E-state index contributed by atoms with van der Waals surface area (Å²) in [5.41, 5.74) is -0.926. The van der Waals surface area contributed by atoms with Gasteiger partial charge < -0.3 is 15.5 Å². The number of carbonyl (C=O) groups is 2. The van der Waals surface area contributed by atoms with Crippen molar-refractivity contribution in [1.82, 2.24) is 10.3 Å². The number of aliphatic hydroxyl groups excluding tert-OH is 1. The topological polar surface area (TPSA) is 99.5 Å². The number of hydrogen-bond donors (Lipinski definition) is 3. The van der Waals surface area contributed by atoms with Crippen LogP contribution in [0.2, 0.25) is 0 Å². The second-order valence-electron chi connectivity index (χ2n) is 5.80. The van der Waals surface area contributed by atoms with Gasteiger partial charge in [0.1, 0.15) is 5.69 Å². The molecule has 1 amide bonds. The van der Waals surface area contributed by atoms with E-state index in [1.54, 1.807) is 0 Å². The first-order chi connectivity index (χ1) is 9.97. The minimum absolute atomic E-state index is 0.115. The Bertz CT molecular complexity index is 546. The minimum atomic E-state index is -1.19. The molecule has 0 bridgehead atoms. The van der Waals surface area contributed by atoms with Crippen molar-refractivity contribution in [3.63, 3.8) is 0 Å². The highest BCUT2D eigenvalue weighted by Crippen LogP contribution is 2.32. The number of aliphatic hydroxyl groups is 1. The first kappa shape index (κ1) is 15.4. The Morgan fingerprint density at radius 3 is 2.90 bits per heavy atom. The third kappa shape index (κ3) is 3.39. The van der Waals surface area contributed by atoms with Gasteiger partial charge in [-0.1, -0.05) is 19.8 Å². The van der Waals surface area contributed by atoms with Gasteiger partial charge in [0.2, 0.25) is 0 Å². The maximum Gasteiger partial charge on any atom is 0.338 e. The summed E-state index contributed by atoms with van der Waals surface area (Å²) in [5, 5.41) is 21.6. The molecular formula is C15H20N2O4. The summed E-state index contributed by atoms with van der Waals surface area (Å²) in [4.78, 5) is 27.4. The number of pyridine rings is 1. The van der Waals surface area contributed by atoms with Crippen LogP contribution < -0.4 is 5.32 Å². The van der Waals surface area contributed by atoms with E-state index in [2.05, 4.69) is 17.2 Å². The van der Waals surface area contributed by atoms with Gasteiger partial charge >= 0.3 is 5.97 Å². The molecule has 1 aliphatic rings. The molecule has 6 nitrogen and oxygen atoms in total. The molecule has 3 N–H and O–H groups in total. The van der Waals surface area contributed by atoms with Gasteiger partial charge in [0.15, 0.2) is 0 Å². The Kier molecular flexibility index (Phi) is 4.57. The molecule has 1 aromatic heterocycles. The lowest BCUT2D eigenvalue weighted by atomic mass is 9.76. The van der Waals surface area contributed by atoms with E-state index in [-0.39, 0.29) is 17.9 Å². The zero-order valence-corrected chi connectivity index (χ0v) is 12.0. The molecule has 114 valence electrons. The molecule has 0 saturated heterocycles. The number of aromatic carboxylic acids is 1. The molecule has 1 saturated carbocycles. The molecule has 1 aromatic rings. The average Bonchev–Trinajstić information content (AvgIpc) is 2.47. The number of aromatic nitrogens is 1. The molecule has 0 aliphatic heterocycles. The number of carboxylic acid groups (broad SMARTS) is 1. The zero-order valence-electron chi connectivity index (χ0n) is 12.0. The monoisotopic (exact) mass is 292 g/mol. The van der Waals surface area contributed by atoms with Gasteiger partial charge in [0.25, 0.3) is 5.91 Å². The van der Waals surface area contributed by atoms with Crippen LogP contribution in [0.5, 0.6) is 0 Å². The Morgan fingerprint density at radius 2 is 2.29 bits per heavy atom. The number of rotatable bonds is 4. The van der Waals surface area contributed by atoms with Crippen LogP contribution in [-0.2, 0) is 0 Å². The predicted molar refractivity (Wildman–Crippen MR) is 76.1 cm³/mol. The van der Waals surface area contributed by atoms with Crippen LogP contribution in [0.3, 0.4) is 0 Å². The van der Waals surface area contributed by atoms with Gasteiger partial charge in [-0.2, -0.15) is 0 Å². The molecule has 0 spiro atoms. The summed E-state index contributed by atoms with van der Waals surface area (Å²) in [6.07, 6.45) is 4.76. The fraction of sp³-hybridized carbons (Fsp3) is 0.533. The number of nitrogens with one attached hydrogen (secondary N) is 1. The van der Waals surface area contributed by atoms with Crippen LogP contribution >= 0.6 is 0 Å². The predicted octanol–water partition coefficient (Wildman–Crippen LogP) is 1.45. The van der Waals surface area contributed by atoms with Crippen molar-refractivity contribution < 1.29 is 19.8 Å². The van der Waals surface area contributed by atoms with Gasteiger partial charge in [0, 0.05) is 6.20 Å². The van der Waals surface area contributed by atoms with Gasteiger partial charge in [-0.05, 0) is 30.9 Å². The lowest BCUT2D eigenvalue weighted by molar-refractivity contribution is 0.0657. The number of carbonyl (C=O) groups excluding carboxylic acids is 1. The van der Waals surface area contributed by atoms with Crippen molar-refractivity contribution in [2.75, 3.05) is 6.61 Å². The third-order valence-corrected chi connectivity index (χ3v) is 4.03. The molecule has 21 heavy (non-hydrogen) atoms. The number of nitrogens with zero attached hydrogens (tertiary/aromatic N) is 1. The largest absolute Gasteiger partial charge is 0.478 e. The second kappa shape index (κ2) is 6.22. The zero-order chi connectivity index (χ0) is 15.5. The highest BCUT2D eigenvalue weighted by Gasteiger charge is 2.36. The van der Waals surface area contributed by atoms with E-state index >= 15 is 0 Å². The third-order valence-electron chi connectivity index (χ3n) is 4.03. The van der Waals surface area contributed by atoms with E-state index in [1.807, 2.05) is 0 Å². The number of carboxylic acids is 1. The van der Waals surface area contributed by atoms with E-state index in [9.17, 15) is 14.7 Å². The first-order valence-corrected chi connectivity index (χ1v) is 7.09. The van der Waals surface area contributed by atoms with Crippen molar-refractivity contribution in [2.45, 2.75) is 38.1 Å². The first-order valence-electron chi connectivity index (χ1n) is 7.09. The van der Waals surface area contributed by atoms with Crippen LogP contribution in [-0.4, -0.2) is 39.2 Å². The molecule has 1 aliphatic carbocycles. The Morgan fingerprint density at radius 1 is 1.52 bits per heavy atom. The molecule has 2 rings (SSSR count). The van der Waals surface area contributed by atoms with Crippen molar-refractivity contribution in [3.05, 3.63) is 29.6 Å². The molecule has 1 heterocycles. The summed E-state index contributed by atoms with van der Waals surface area (Å²) in [7, 11) is 0. The fourth-order valence-electron chi connectivity index (χ4n) is 3.02. The summed E-state index contributed by atoms with van der Waals surface area (Å²) in [6, 6.07) is 2.82. The highest BCUT2D eigenvalue weighted by molar-refractivity contribution is 6.03. The summed E-state index contributed by atoms with van der Waals surface area (Å²) >= 11 is 0.